The largest absolute Gasteiger partial charge is 0.497 e. The number of hydrogen-bond donors (Lipinski definition) is 1. The van der Waals surface area contributed by atoms with Gasteiger partial charge < -0.3 is 9.72 Å². The lowest BCUT2D eigenvalue weighted by atomic mass is 10.1. The molecule has 0 saturated heterocycles. The van der Waals surface area contributed by atoms with Crippen LogP contribution in [-0.4, -0.2) is 39.5 Å². The highest BCUT2D eigenvalue weighted by Crippen LogP contribution is 2.31. The van der Waals surface area contributed by atoms with E-state index in [0.717, 1.165) is 42.5 Å². The molecule has 0 bridgehead atoms. The molecule has 2 heterocycles. The zero-order valence-electron chi connectivity index (χ0n) is 14.1. The standard InChI is InChI=1S/C19H20N4OS/c1-24-17-6-7-18-16(10-17)12-23(8-9-25-18)11-14-2-4-15(5-3-14)19-20-13-21-22-19/h2-7,10,13H,8-9,11-12H2,1H3,(H,20,21,22). The number of fused-ring (bicyclic) bond motifs is 1. The molecular weight excluding hydrogens is 332 g/mol. The molecule has 0 amide bonds. The summed E-state index contributed by atoms with van der Waals surface area (Å²) in [6.45, 7) is 2.96. The van der Waals surface area contributed by atoms with Crippen LogP contribution in [0, 0.1) is 0 Å². The van der Waals surface area contributed by atoms with E-state index in [4.69, 9.17) is 4.74 Å². The van der Waals surface area contributed by atoms with Crippen molar-refractivity contribution in [3.8, 4) is 17.1 Å². The van der Waals surface area contributed by atoms with Crippen molar-refractivity contribution in [3.05, 3.63) is 59.9 Å². The Bertz CT molecular complexity index is 833. The minimum absolute atomic E-state index is 0.804. The fourth-order valence-electron chi connectivity index (χ4n) is 3.06. The third kappa shape index (κ3) is 3.70. The van der Waals surface area contributed by atoms with Crippen LogP contribution in [0.4, 0.5) is 0 Å². The molecule has 128 valence electrons. The zero-order chi connectivity index (χ0) is 17.1. The molecule has 0 unspecified atom stereocenters. The molecule has 0 spiro atoms. The van der Waals surface area contributed by atoms with Gasteiger partial charge in [-0.1, -0.05) is 24.3 Å². The Morgan fingerprint density at radius 2 is 2.08 bits per heavy atom. The molecule has 3 aromatic rings. The Hall–Kier alpha value is -2.31. The second kappa shape index (κ2) is 7.29. The van der Waals surface area contributed by atoms with Crippen LogP contribution in [0.1, 0.15) is 11.1 Å². The van der Waals surface area contributed by atoms with E-state index in [2.05, 4.69) is 56.5 Å². The molecule has 5 nitrogen and oxygen atoms in total. The first-order chi connectivity index (χ1) is 12.3. The number of aromatic amines is 1. The Morgan fingerprint density at radius 1 is 1.20 bits per heavy atom. The number of methoxy groups -OCH3 is 1. The van der Waals surface area contributed by atoms with E-state index in [-0.39, 0.29) is 0 Å². The van der Waals surface area contributed by atoms with Crippen LogP contribution in [0.5, 0.6) is 5.75 Å². The van der Waals surface area contributed by atoms with Gasteiger partial charge in [0.05, 0.1) is 7.11 Å². The molecule has 1 aliphatic rings. The van der Waals surface area contributed by atoms with E-state index in [1.165, 1.54) is 16.0 Å². The van der Waals surface area contributed by atoms with Crippen LogP contribution in [0.3, 0.4) is 0 Å². The highest BCUT2D eigenvalue weighted by atomic mass is 32.2. The third-order valence-corrected chi connectivity index (χ3v) is 5.47. The first-order valence-corrected chi connectivity index (χ1v) is 9.28. The third-order valence-electron chi connectivity index (χ3n) is 4.38. The van der Waals surface area contributed by atoms with Crippen LogP contribution >= 0.6 is 11.8 Å². The summed E-state index contributed by atoms with van der Waals surface area (Å²) in [6, 6.07) is 14.9. The normalized spacial score (nSPS) is 14.8. The van der Waals surface area contributed by atoms with Crippen molar-refractivity contribution in [3.63, 3.8) is 0 Å². The number of thioether (sulfide) groups is 1. The molecule has 0 saturated carbocycles. The highest BCUT2D eigenvalue weighted by molar-refractivity contribution is 7.99. The van der Waals surface area contributed by atoms with Crippen LogP contribution in [-0.2, 0) is 13.1 Å². The first kappa shape index (κ1) is 16.2. The summed E-state index contributed by atoms with van der Waals surface area (Å²) >= 11 is 1.93. The average molecular weight is 352 g/mol. The maximum absolute atomic E-state index is 5.38. The number of benzene rings is 2. The van der Waals surface area contributed by atoms with Crippen LogP contribution in [0.15, 0.2) is 53.7 Å². The molecule has 4 rings (SSSR count). The smallest absolute Gasteiger partial charge is 0.161 e. The topological polar surface area (TPSA) is 54.0 Å². The molecular formula is C19H20N4OS. The fraction of sp³-hybridized carbons (Fsp3) is 0.263. The van der Waals surface area contributed by atoms with Crippen molar-refractivity contribution in [1.82, 2.24) is 20.1 Å². The van der Waals surface area contributed by atoms with Crippen LogP contribution in [0.25, 0.3) is 11.4 Å². The maximum Gasteiger partial charge on any atom is 0.161 e. The van der Waals surface area contributed by atoms with Crippen molar-refractivity contribution in [2.45, 2.75) is 18.0 Å². The Labute approximate surface area is 151 Å². The van der Waals surface area contributed by atoms with E-state index in [1.807, 2.05) is 17.8 Å². The number of rotatable bonds is 4. The van der Waals surface area contributed by atoms with Gasteiger partial charge in [0.2, 0.25) is 0 Å². The molecule has 1 N–H and O–H groups in total. The summed E-state index contributed by atoms with van der Waals surface area (Å²) in [6.07, 6.45) is 1.60. The number of hydrogen-bond acceptors (Lipinski definition) is 5. The summed E-state index contributed by atoms with van der Waals surface area (Å²) in [4.78, 5) is 6.89. The number of H-pyrrole nitrogens is 1. The number of nitrogens with one attached hydrogen (secondary N) is 1. The molecule has 1 aromatic heterocycles. The summed E-state index contributed by atoms with van der Waals surface area (Å²) in [5.41, 5.74) is 3.71. The Balaban J connectivity index is 1.48. The predicted molar refractivity (Wildman–Crippen MR) is 99.7 cm³/mol. The van der Waals surface area contributed by atoms with Crippen molar-refractivity contribution in [1.29, 1.82) is 0 Å². The van der Waals surface area contributed by atoms with Crippen molar-refractivity contribution < 1.29 is 4.74 Å². The molecule has 2 aromatic carbocycles. The van der Waals surface area contributed by atoms with Gasteiger partial charge in [0.1, 0.15) is 12.1 Å². The summed E-state index contributed by atoms with van der Waals surface area (Å²) in [5.74, 6) is 2.84. The summed E-state index contributed by atoms with van der Waals surface area (Å²) in [7, 11) is 1.72. The molecule has 0 radical (unpaired) electrons. The Kier molecular flexibility index (Phi) is 4.72. The van der Waals surface area contributed by atoms with Gasteiger partial charge in [0.15, 0.2) is 5.82 Å². The summed E-state index contributed by atoms with van der Waals surface area (Å²) < 4.78 is 5.38. The molecule has 0 fully saturated rings. The van der Waals surface area contributed by atoms with Gasteiger partial charge >= 0.3 is 0 Å². The van der Waals surface area contributed by atoms with Gasteiger partial charge in [0, 0.05) is 35.8 Å². The number of aromatic nitrogens is 3. The minimum atomic E-state index is 0.804. The molecule has 0 aliphatic carbocycles. The summed E-state index contributed by atoms with van der Waals surface area (Å²) in [5, 5.41) is 7.89. The van der Waals surface area contributed by atoms with E-state index in [9.17, 15) is 0 Å². The van der Waals surface area contributed by atoms with E-state index >= 15 is 0 Å². The predicted octanol–water partition coefficient (Wildman–Crippen LogP) is 3.59. The molecule has 25 heavy (non-hydrogen) atoms. The second-order valence-corrected chi connectivity index (χ2v) is 7.20. The van der Waals surface area contributed by atoms with Gasteiger partial charge in [-0.25, -0.2) is 0 Å². The van der Waals surface area contributed by atoms with Gasteiger partial charge in [-0.2, -0.15) is 0 Å². The van der Waals surface area contributed by atoms with Gasteiger partial charge in [-0.15, -0.1) is 22.0 Å². The van der Waals surface area contributed by atoms with E-state index in [1.54, 1.807) is 13.4 Å². The zero-order valence-corrected chi connectivity index (χ0v) is 14.9. The molecule has 1 aliphatic heterocycles. The molecule has 0 atom stereocenters. The lowest BCUT2D eigenvalue weighted by molar-refractivity contribution is 0.274. The van der Waals surface area contributed by atoms with Crippen molar-refractivity contribution >= 4 is 11.8 Å². The number of ether oxygens (including phenoxy) is 1. The molecule has 6 heteroatoms. The first-order valence-electron chi connectivity index (χ1n) is 8.29. The lowest BCUT2D eigenvalue weighted by Gasteiger charge is -2.20. The van der Waals surface area contributed by atoms with E-state index < -0.39 is 0 Å². The van der Waals surface area contributed by atoms with Gasteiger partial charge in [-0.05, 0) is 29.3 Å². The van der Waals surface area contributed by atoms with Gasteiger partial charge in [0.25, 0.3) is 0 Å². The number of nitrogens with zero attached hydrogens (tertiary/aromatic N) is 3. The highest BCUT2D eigenvalue weighted by Gasteiger charge is 2.16. The monoisotopic (exact) mass is 352 g/mol. The maximum atomic E-state index is 5.38. The van der Waals surface area contributed by atoms with Crippen molar-refractivity contribution in [2.24, 2.45) is 0 Å². The van der Waals surface area contributed by atoms with Crippen molar-refractivity contribution in [2.75, 3.05) is 19.4 Å². The Morgan fingerprint density at radius 3 is 2.84 bits per heavy atom. The van der Waals surface area contributed by atoms with Gasteiger partial charge in [-0.3, -0.25) is 4.90 Å². The minimum Gasteiger partial charge on any atom is -0.497 e. The fourth-order valence-corrected chi connectivity index (χ4v) is 4.10. The average Bonchev–Trinajstić information content (AvgIpc) is 3.10. The SMILES string of the molecule is COc1ccc2c(c1)CN(Cc1ccc(-c3nnc[nH]3)cc1)CCS2. The van der Waals surface area contributed by atoms with E-state index in [0.29, 0.717) is 0 Å². The lowest BCUT2D eigenvalue weighted by Crippen LogP contribution is -2.24. The second-order valence-electron chi connectivity index (χ2n) is 6.07. The van der Waals surface area contributed by atoms with Crippen LogP contribution < -0.4 is 4.74 Å². The van der Waals surface area contributed by atoms with Crippen LogP contribution in [0.2, 0.25) is 0 Å². The quantitative estimate of drug-likeness (QED) is 0.778.